The number of hydrogen-bond acceptors (Lipinski definition) is 4. The predicted octanol–water partition coefficient (Wildman–Crippen LogP) is -0.383. The highest BCUT2D eigenvalue weighted by Gasteiger charge is 2.27. The van der Waals surface area contributed by atoms with Crippen LogP contribution in [-0.2, 0) is 14.3 Å². The maximum atomic E-state index is 11.5. The number of piperidine rings is 1. The summed E-state index contributed by atoms with van der Waals surface area (Å²) in [6.07, 6.45) is 1.42. The quantitative estimate of drug-likeness (QED) is 0.650. The molecule has 1 aliphatic heterocycles. The molecule has 0 spiro atoms. The monoisotopic (exact) mass is 214 g/mol. The van der Waals surface area contributed by atoms with E-state index in [1.807, 2.05) is 0 Å². The van der Waals surface area contributed by atoms with Crippen LogP contribution in [0.15, 0.2) is 0 Å². The summed E-state index contributed by atoms with van der Waals surface area (Å²) in [5.74, 6) is -0.0924. The first-order valence-electron chi connectivity index (χ1n) is 5.19. The van der Waals surface area contributed by atoms with Gasteiger partial charge in [-0.15, -0.1) is 0 Å². The molecule has 0 aromatic rings. The minimum absolute atomic E-state index is 0.0337. The lowest BCUT2D eigenvalue weighted by molar-refractivity contribution is -0.148. The van der Waals surface area contributed by atoms with Gasteiger partial charge in [0.1, 0.15) is 0 Å². The highest BCUT2D eigenvalue weighted by molar-refractivity contribution is 5.79. The van der Waals surface area contributed by atoms with Crippen molar-refractivity contribution in [3.05, 3.63) is 0 Å². The Kier molecular flexibility index (Phi) is 4.55. The van der Waals surface area contributed by atoms with Crippen LogP contribution in [0.3, 0.4) is 0 Å². The maximum absolute atomic E-state index is 11.5. The zero-order valence-electron chi connectivity index (χ0n) is 9.28. The van der Waals surface area contributed by atoms with Crippen molar-refractivity contribution in [1.82, 2.24) is 10.2 Å². The highest BCUT2D eigenvalue weighted by Crippen LogP contribution is 2.18. The average molecular weight is 214 g/mol. The Morgan fingerprint density at radius 3 is 2.47 bits per heavy atom. The number of carbonyl (C=O) groups excluding carboxylic acids is 2. The average Bonchev–Trinajstić information content (AvgIpc) is 2.28. The van der Waals surface area contributed by atoms with Gasteiger partial charge in [-0.2, -0.15) is 0 Å². The van der Waals surface area contributed by atoms with Crippen molar-refractivity contribution >= 4 is 11.9 Å². The third kappa shape index (κ3) is 3.20. The molecule has 1 aliphatic rings. The molecule has 1 saturated heterocycles. The molecule has 0 aliphatic carbocycles. The summed E-state index contributed by atoms with van der Waals surface area (Å²) in [6, 6.07) is 0. The number of nitrogens with zero attached hydrogens (tertiary/aromatic N) is 1. The second-order valence-corrected chi connectivity index (χ2v) is 3.71. The molecule has 0 aromatic carbocycles. The van der Waals surface area contributed by atoms with Crippen molar-refractivity contribution in [3.8, 4) is 0 Å². The number of likely N-dealkylation sites (tertiary alicyclic amines) is 1. The summed E-state index contributed by atoms with van der Waals surface area (Å²) >= 11 is 0. The maximum Gasteiger partial charge on any atom is 0.308 e. The third-order valence-corrected chi connectivity index (χ3v) is 2.71. The van der Waals surface area contributed by atoms with E-state index in [0.29, 0.717) is 32.5 Å². The van der Waals surface area contributed by atoms with E-state index >= 15 is 0 Å². The first-order chi connectivity index (χ1) is 7.19. The Hall–Kier alpha value is -1.10. The molecule has 5 nitrogen and oxygen atoms in total. The molecule has 0 atom stereocenters. The number of carbonyl (C=O) groups is 2. The summed E-state index contributed by atoms with van der Waals surface area (Å²) in [7, 11) is 3.15. The summed E-state index contributed by atoms with van der Waals surface area (Å²) in [5, 5.41) is 2.83. The van der Waals surface area contributed by atoms with Gasteiger partial charge in [-0.05, 0) is 19.9 Å². The standard InChI is InChI=1S/C10H18N2O3/c1-11-7-9(13)12-5-3-8(4-6-12)10(14)15-2/h8,11H,3-7H2,1-2H3. The van der Waals surface area contributed by atoms with Gasteiger partial charge in [-0.1, -0.05) is 0 Å². The Balaban J connectivity index is 2.35. The van der Waals surface area contributed by atoms with E-state index in [1.165, 1.54) is 7.11 Å². The number of nitrogens with one attached hydrogen (secondary N) is 1. The molecule has 1 rings (SSSR count). The van der Waals surface area contributed by atoms with E-state index in [0.717, 1.165) is 0 Å². The van der Waals surface area contributed by atoms with Gasteiger partial charge in [0, 0.05) is 13.1 Å². The van der Waals surface area contributed by atoms with Crippen molar-refractivity contribution < 1.29 is 14.3 Å². The van der Waals surface area contributed by atoms with Gasteiger partial charge < -0.3 is 15.0 Å². The largest absolute Gasteiger partial charge is 0.469 e. The Bertz CT molecular complexity index is 235. The van der Waals surface area contributed by atoms with Crippen LogP contribution in [0.5, 0.6) is 0 Å². The van der Waals surface area contributed by atoms with E-state index in [2.05, 4.69) is 10.1 Å². The zero-order valence-corrected chi connectivity index (χ0v) is 9.28. The second kappa shape index (κ2) is 5.70. The minimum atomic E-state index is -0.157. The lowest BCUT2D eigenvalue weighted by Gasteiger charge is -2.30. The lowest BCUT2D eigenvalue weighted by atomic mass is 9.97. The predicted molar refractivity (Wildman–Crippen MR) is 55.2 cm³/mol. The molecule has 15 heavy (non-hydrogen) atoms. The van der Waals surface area contributed by atoms with Crippen LogP contribution < -0.4 is 5.32 Å². The third-order valence-electron chi connectivity index (χ3n) is 2.71. The Morgan fingerprint density at radius 2 is 2.00 bits per heavy atom. The summed E-state index contributed by atoms with van der Waals surface area (Å²) in [6.45, 7) is 1.67. The molecular formula is C10H18N2O3. The molecule has 5 heteroatoms. The Labute approximate surface area is 89.8 Å². The Morgan fingerprint density at radius 1 is 1.40 bits per heavy atom. The van der Waals surface area contributed by atoms with Gasteiger partial charge in [0.25, 0.3) is 0 Å². The van der Waals surface area contributed by atoms with Crippen molar-refractivity contribution in [2.24, 2.45) is 5.92 Å². The summed E-state index contributed by atoms with van der Waals surface area (Å²) in [5.41, 5.74) is 0. The van der Waals surface area contributed by atoms with Gasteiger partial charge in [0.15, 0.2) is 0 Å². The molecule has 1 fully saturated rings. The first-order valence-corrected chi connectivity index (χ1v) is 5.19. The van der Waals surface area contributed by atoms with Gasteiger partial charge in [0.05, 0.1) is 19.6 Å². The molecule has 86 valence electrons. The van der Waals surface area contributed by atoms with Crippen LogP contribution >= 0.6 is 0 Å². The second-order valence-electron chi connectivity index (χ2n) is 3.71. The van der Waals surface area contributed by atoms with Crippen LogP contribution in [0.2, 0.25) is 0 Å². The highest BCUT2D eigenvalue weighted by atomic mass is 16.5. The molecule has 1 amide bonds. The van der Waals surface area contributed by atoms with Crippen molar-refractivity contribution in [1.29, 1.82) is 0 Å². The zero-order chi connectivity index (χ0) is 11.3. The molecule has 0 aromatic heterocycles. The first kappa shape index (κ1) is 12.0. The van der Waals surface area contributed by atoms with Crippen LogP contribution in [0, 0.1) is 5.92 Å². The summed E-state index contributed by atoms with van der Waals surface area (Å²) < 4.78 is 4.68. The lowest BCUT2D eigenvalue weighted by Crippen LogP contribution is -2.43. The van der Waals surface area contributed by atoms with Crippen LogP contribution in [-0.4, -0.2) is 50.6 Å². The van der Waals surface area contributed by atoms with E-state index in [9.17, 15) is 9.59 Å². The molecule has 1 heterocycles. The topological polar surface area (TPSA) is 58.6 Å². The number of rotatable bonds is 3. The van der Waals surface area contributed by atoms with Gasteiger partial charge in [0.2, 0.25) is 5.91 Å². The summed E-state index contributed by atoms with van der Waals surface area (Å²) in [4.78, 5) is 24.5. The van der Waals surface area contributed by atoms with E-state index < -0.39 is 0 Å². The number of amides is 1. The van der Waals surface area contributed by atoms with Gasteiger partial charge >= 0.3 is 5.97 Å². The molecule has 0 saturated carbocycles. The van der Waals surface area contributed by atoms with Gasteiger partial charge in [-0.25, -0.2) is 0 Å². The van der Waals surface area contributed by atoms with Crippen molar-refractivity contribution in [3.63, 3.8) is 0 Å². The molecule has 1 N–H and O–H groups in total. The fourth-order valence-electron chi connectivity index (χ4n) is 1.79. The van der Waals surface area contributed by atoms with Crippen molar-refractivity contribution in [2.45, 2.75) is 12.8 Å². The van der Waals surface area contributed by atoms with E-state index in [1.54, 1.807) is 11.9 Å². The van der Waals surface area contributed by atoms with E-state index in [4.69, 9.17) is 0 Å². The number of esters is 1. The van der Waals surface area contributed by atoms with Crippen LogP contribution in [0.25, 0.3) is 0 Å². The van der Waals surface area contributed by atoms with E-state index in [-0.39, 0.29) is 17.8 Å². The van der Waals surface area contributed by atoms with Crippen molar-refractivity contribution in [2.75, 3.05) is 33.8 Å². The SMILES string of the molecule is CNCC(=O)N1CCC(C(=O)OC)CC1. The molecule has 0 bridgehead atoms. The molecular weight excluding hydrogens is 196 g/mol. The van der Waals surface area contributed by atoms with Crippen LogP contribution in [0.4, 0.5) is 0 Å². The fraction of sp³-hybridized carbons (Fsp3) is 0.800. The number of likely N-dealkylation sites (N-methyl/N-ethyl adjacent to an activating group) is 1. The molecule has 0 unspecified atom stereocenters. The normalized spacial score (nSPS) is 17.6. The number of methoxy groups -OCH3 is 1. The molecule has 0 radical (unpaired) electrons. The van der Waals surface area contributed by atoms with Gasteiger partial charge in [-0.3, -0.25) is 9.59 Å². The van der Waals surface area contributed by atoms with Crippen LogP contribution in [0.1, 0.15) is 12.8 Å². The fourth-order valence-corrected chi connectivity index (χ4v) is 1.79. The smallest absolute Gasteiger partial charge is 0.308 e. The minimum Gasteiger partial charge on any atom is -0.469 e. The number of hydrogen-bond donors (Lipinski definition) is 1. The number of ether oxygens (including phenoxy) is 1.